The van der Waals surface area contributed by atoms with Crippen molar-refractivity contribution in [2.75, 3.05) is 18.8 Å². The Hall–Kier alpha value is -1.89. The van der Waals surface area contributed by atoms with Crippen LogP contribution >= 0.6 is 12.4 Å². The summed E-state index contributed by atoms with van der Waals surface area (Å²) >= 11 is 0. The Bertz CT molecular complexity index is 870. The molecule has 0 aliphatic carbocycles. The van der Waals surface area contributed by atoms with Crippen LogP contribution in [0.15, 0.2) is 59.5 Å². The lowest BCUT2D eigenvalue weighted by atomic mass is 9.95. The van der Waals surface area contributed by atoms with Gasteiger partial charge in [0.05, 0.1) is 17.1 Å². The zero-order valence-electron chi connectivity index (χ0n) is 15.2. The molecule has 1 aliphatic rings. The lowest BCUT2D eigenvalue weighted by Crippen LogP contribution is -2.33. The second-order valence-electron chi connectivity index (χ2n) is 6.70. The van der Waals surface area contributed by atoms with Gasteiger partial charge in [-0.2, -0.15) is 0 Å². The van der Waals surface area contributed by atoms with E-state index in [0.29, 0.717) is 18.0 Å². The quantitative estimate of drug-likeness (QED) is 0.823. The molecular formula is C20H25ClN2O3S. The van der Waals surface area contributed by atoms with Crippen LogP contribution in [0.1, 0.15) is 24.0 Å². The van der Waals surface area contributed by atoms with E-state index in [1.165, 1.54) is 0 Å². The number of likely N-dealkylation sites (tertiary alicyclic amines) is 1. The first-order chi connectivity index (χ1) is 12.4. The zero-order chi connectivity index (χ0) is 18.7. The highest BCUT2D eigenvalue weighted by Gasteiger charge is 2.33. The first-order valence-corrected chi connectivity index (χ1v) is 10.5. The van der Waals surface area contributed by atoms with Gasteiger partial charge in [0.25, 0.3) is 0 Å². The molecule has 1 saturated heterocycles. The molecule has 1 aliphatic heterocycles. The number of rotatable bonds is 5. The van der Waals surface area contributed by atoms with E-state index in [1.54, 1.807) is 36.1 Å². The molecule has 0 radical (unpaired) electrons. The summed E-state index contributed by atoms with van der Waals surface area (Å²) in [5, 5.41) is 0. The van der Waals surface area contributed by atoms with E-state index in [9.17, 15) is 13.2 Å². The van der Waals surface area contributed by atoms with Crippen LogP contribution in [0.3, 0.4) is 0 Å². The predicted octanol–water partition coefficient (Wildman–Crippen LogP) is 2.40. The maximum absolute atomic E-state index is 12.6. The highest BCUT2D eigenvalue weighted by Crippen LogP contribution is 2.26. The Labute approximate surface area is 166 Å². The van der Waals surface area contributed by atoms with Gasteiger partial charge in [0.15, 0.2) is 9.84 Å². The van der Waals surface area contributed by atoms with Crippen LogP contribution in [-0.2, 0) is 21.1 Å². The van der Waals surface area contributed by atoms with Gasteiger partial charge in [-0.25, -0.2) is 8.42 Å². The van der Waals surface area contributed by atoms with Gasteiger partial charge in [-0.1, -0.05) is 49.4 Å². The topological polar surface area (TPSA) is 80.5 Å². The lowest BCUT2D eigenvalue weighted by Gasteiger charge is -2.16. The maximum atomic E-state index is 12.6. The van der Waals surface area contributed by atoms with E-state index in [4.69, 9.17) is 5.73 Å². The standard InChI is InChI=1S/C20H24N2O3S.ClH/c1-2-26(24,25)17-10-8-15(9-11-17)12-20(23)22-13-18(19(21)14-22)16-6-4-3-5-7-16;/h3-11,18-19H,2,12-14,21H2,1H3;1H/t18-,19+;/m0./s1. The fraction of sp³-hybridized carbons (Fsp3) is 0.350. The highest BCUT2D eigenvalue weighted by atomic mass is 35.5. The molecule has 1 fully saturated rings. The predicted molar refractivity (Wildman–Crippen MR) is 109 cm³/mol. The second kappa shape index (κ2) is 8.87. The third-order valence-corrected chi connectivity index (χ3v) is 6.71. The van der Waals surface area contributed by atoms with E-state index in [-0.39, 0.29) is 42.4 Å². The summed E-state index contributed by atoms with van der Waals surface area (Å²) in [6.07, 6.45) is 0.251. The van der Waals surface area contributed by atoms with Crippen molar-refractivity contribution in [3.8, 4) is 0 Å². The average molecular weight is 409 g/mol. The van der Waals surface area contributed by atoms with Crippen molar-refractivity contribution in [3.63, 3.8) is 0 Å². The zero-order valence-corrected chi connectivity index (χ0v) is 16.9. The molecule has 0 unspecified atom stereocenters. The Morgan fingerprint density at radius 2 is 1.70 bits per heavy atom. The second-order valence-corrected chi connectivity index (χ2v) is 8.98. The number of benzene rings is 2. The monoisotopic (exact) mass is 408 g/mol. The van der Waals surface area contributed by atoms with Crippen molar-refractivity contribution in [1.82, 2.24) is 4.90 Å². The van der Waals surface area contributed by atoms with Crippen LogP contribution in [0.2, 0.25) is 0 Å². The van der Waals surface area contributed by atoms with Gasteiger partial charge in [-0.3, -0.25) is 4.79 Å². The van der Waals surface area contributed by atoms with Crippen LogP contribution in [0.25, 0.3) is 0 Å². The molecule has 2 atom stereocenters. The molecule has 0 aromatic heterocycles. The summed E-state index contributed by atoms with van der Waals surface area (Å²) in [5.74, 6) is 0.236. The van der Waals surface area contributed by atoms with Crippen LogP contribution in [0.4, 0.5) is 0 Å². The summed E-state index contributed by atoms with van der Waals surface area (Å²) in [7, 11) is -3.22. The van der Waals surface area contributed by atoms with Gasteiger partial charge in [0.2, 0.25) is 5.91 Å². The minimum absolute atomic E-state index is 0. The molecule has 7 heteroatoms. The molecule has 0 bridgehead atoms. The smallest absolute Gasteiger partial charge is 0.227 e. The molecule has 1 amide bonds. The molecule has 0 saturated carbocycles. The molecular weight excluding hydrogens is 384 g/mol. The number of hydrogen-bond acceptors (Lipinski definition) is 4. The van der Waals surface area contributed by atoms with Crippen molar-refractivity contribution < 1.29 is 13.2 Å². The lowest BCUT2D eigenvalue weighted by molar-refractivity contribution is -0.129. The van der Waals surface area contributed by atoms with Gasteiger partial charge < -0.3 is 10.6 Å². The first kappa shape index (κ1) is 21.4. The van der Waals surface area contributed by atoms with E-state index in [0.717, 1.165) is 11.1 Å². The van der Waals surface area contributed by atoms with Crippen LogP contribution in [-0.4, -0.2) is 44.1 Å². The molecule has 146 valence electrons. The molecule has 1 heterocycles. The summed E-state index contributed by atoms with van der Waals surface area (Å²) < 4.78 is 23.7. The number of hydrogen-bond donors (Lipinski definition) is 1. The fourth-order valence-electron chi connectivity index (χ4n) is 3.35. The molecule has 3 rings (SSSR count). The molecule has 2 aromatic carbocycles. The maximum Gasteiger partial charge on any atom is 0.227 e. The van der Waals surface area contributed by atoms with Gasteiger partial charge in [-0.05, 0) is 23.3 Å². The van der Waals surface area contributed by atoms with Gasteiger partial charge >= 0.3 is 0 Å². The van der Waals surface area contributed by atoms with E-state index < -0.39 is 9.84 Å². The van der Waals surface area contributed by atoms with Crippen LogP contribution in [0.5, 0.6) is 0 Å². The van der Waals surface area contributed by atoms with Crippen LogP contribution in [0, 0.1) is 0 Å². The Morgan fingerprint density at radius 1 is 1.07 bits per heavy atom. The Morgan fingerprint density at radius 3 is 2.30 bits per heavy atom. The third-order valence-electron chi connectivity index (χ3n) is 4.96. The SMILES string of the molecule is CCS(=O)(=O)c1ccc(CC(=O)N2C[C@@H](N)[C@H](c3ccccc3)C2)cc1.Cl. The number of nitrogens with zero attached hydrogens (tertiary/aromatic N) is 1. The number of sulfone groups is 1. The molecule has 2 N–H and O–H groups in total. The number of amides is 1. The first-order valence-electron chi connectivity index (χ1n) is 8.80. The largest absolute Gasteiger partial charge is 0.340 e. The van der Waals surface area contributed by atoms with Crippen molar-refractivity contribution in [1.29, 1.82) is 0 Å². The minimum atomic E-state index is -3.22. The van der Waals surface area contributed by atoms with Crippen molar-refractivity contribution >= 4 is 28.2 Å². The molecule has 0 spiro atoms. The molecule has 2 aromatic rings. The average Bonchev–Trinajstić information content (AvgIpc) is 3.05. The van der Waals surface area contributed by atoms with Crippen LogP contribution < -0.4 is 5.73 Å². The molecule has 5 nitrogen and oxygen atoms in total. The number of carbonyl (C=O) groups excluding carboxylic acids is 1. The number of nitrogens with two attached hydrogens (primary N) is 1. The van der Waals surface area contributed by atoms with Gasteiger partial charge in [0, 0.05) is 25.0 Å². The van der Waals surface area contributed by atoms with E-state index in [1.807, 2.05) is 30.3 Å². The normalized spacial score (nSPS) is 19.6. The minimum Gasteiger partial charge on any atom is -0.340 e. The summed E-state index contributed by atoms with van der Waals surface area (Å²) in [6.45, 7) is 2.78. The third kappa shape index (κ3) is 4.89. The van der Waals surface area contributed by atoms with Crippen molar-refractivity contribution in [2.45, 2.75) is 30.2 Å². The fourth-order valence-corrected chi connectivity index (χ4v) is 4.24. The Balaban J connectivity index is 0.00000261. The van der Waals surface area contributed by atoms with Crippen molar-refractivity contribution in [3.05, 3.63) is 65.7 Å². The number of halogens is 1. The summed E-state index contributed by atoms with van der Waals surface area (Å²) in [5.41, 5.74) is 8.22. The van der Waals surface area contributed by atoms with Gasteiger partial charge in [0.1, 0.15) is 0 Å². The van der Waals surface area contributed by atoms with Gasteiger partial charge in [-0.15, -0.1) is 12.4 Å². The molecule has 27 heavy (non-hydrogen) atoms. The van der Waals surface area contributed by atoms with Crippen molar-refractivity contribution in [2.24, 2.45) is 5.73 Å². The summed E-state index contributed by atoms with van der Waals surface area (Å²) in [6, 6.07) is 16.5. The van der Waals surface area contributed by atoms with E-state index >= 15 is 0 Å². The number of carbonyl (C=O) groups is 1. The van der Waals surface area contributed by atoms with E-state index in [2.05, 4.69) is 0 Å². The summed E-state index contributed by atoms with van der Waals surface area (Å²) in [4.78, 5) is 14.7. The highest BCUT2D eigenvalue weighted by molar-refractivity contribution is 7.91. The Kier molecular flexibility index (Phi) is 7.03.